The predicted octanol–water partition coefficient (Wildman–Crippen LogP) is -1.70. The summed E-state index contributed by atoms with van der Waals surface area (Å²) in [4.78, 5) is 69.0. The fourth-order valence-electron chi connectivity index (χ4n) is 1.40. The van der Waals surface area contributed by atoms with Crippen LogP contribution in [-0.4, -0.2) is 63.7 Å². The van der Waals surface area contributed by atoms with Crippen LogP contribution in [-0.2, 0) is 33.6 Å². The van der Waals surface area contributed by atoms with E-state index in [0.29, 0.717) is 24.7 Å². The average molecular weight is 488 g/mol. The van der Waals surface area contributed by atoms with Crippen molar-refractivity contribution < 1.29 is 54.0 Å². The minimum atomic E-state index is -1.63. The molecule has 0 aromatic heterocycles. The number of carbonyl (C=O) groups is 7. The van der Waals surface area contributed by atoms with Gasteiger partial charge in [0.2, 0.25) is 0 Å². The second-order valence-electron chi connectivity index (χ2n) is 7.40. The molecular formula is C21H33AlO11. The van der Waals surface area contributed by atoms with Gasteiger partial charge in [0, 0.05) is 51.5 Å². The third kappa shape index (κ3) is 58.7. The number of hydrogen-bond donors (Lipinski definition) is 1. The van der Waals surface area contributed by atoms with Gasteiger partial charge in [0.05, 0.1) is 0 Å². The van der Waals surface area contributed by atoms with E-state index in [1.165, 1.54) is 0 Å². The molecular weight excluding hydrogens is 455 g/mol. The Hall–Kier alpha value is -2.58. The maximum absolute atomic E-state index is 10.7. The van der Waals surface area contributed by atoms with Crippen LogP contribution in [0.5, 0.6) is 0 Å². The predicted molar refractivity (Wildman–Crippen MR) is 112 cm³/mol. The van der Waals surface area contributed by atoms with Crippen molar-refractivity contribution in [3.63, 3.8) is 0 Å². The number of Topliss-reactive ketones (excluding diaryl/α,β-unsaturated/α-hetero) is 3. The Morgan fingerprint density at radius 2 is 0.879 bits per heavy atom. The van der Waals surface area contributed by atoms with Gasteiger partial charge in [-0.15, -0.1) is 0 Å². The summed E-state index contributed by atoms with van der Waals surface area (Å²) in [5, 5.41) is 36.5. The normalized spacial score (nSPS) is 8.85. The van der Waals surface area contributed by atoms with Gasteiger partial charge in [-0.05, 0) is 24.7 Å². The Bertz CT molecular complexity index is 574. The summed E-state index contributed by atoms with van der Waals surface area (Å²) in [5.74, 6) is -5.54. The SMILES string of the molecule is CC(=O)C(=O)[O-].CC(=O)O.CC(C)CCC(=O)CC(=O)[O-].CC(C)CCC(=O)CC(=O)[O-].[Al+3]. The van der Waals surface area contributed by atoms with Crippen molar-refractivity contribution >= 4 is 58.6 Å². The first-order valence-electron chi connectivity index (χ1n) is 9.76. The van der Waals surface area contributed by atoms with Gasteiger partial charge in [-0.1, -0.05) is 27.7 Å². The molecule has 0 saturated carbocycles. The molecule has 186 valence electrons. The first-order valence-corrected chi connectivity index (χ1v) is 9.76. The van der Waals surface area contributed by atoms with Gasteiger partial charge in [-0.25, -0.2) is 0 Å². The van der Waals surface area contributed by atoms with E-state index in [-0.39, 0.29) is 28.9 Å². The Morgan fingerprint density at radius 1 is 0.667 bits per heavy atom. The molecule has 0 aliphatic rings. The molecule has 0 rings (SSSR count). The summed E-state index contributed by atoms with van der Waals surface area (Å²) in [6.45, 7) is 9.99. The van der Waals surface area contributed by atoms with E-state index in [1.54, 1.807) is 0 Å². The van der Waals surface area contributed by atoms with Crippen LogP contribution in [0.25, 0.3) is 0 Å². The zero-order valence-electron chi connectivity index (χ0n) is 20.0. The summed E-state index contributed by atoms with van der Waals surface area (Å²) in [6.07, 6.45) is 1.34. The van der Waals surface area contributed by atoms with E-state index in [1.807, 2.05) is 27.7 Å². The zero-order valence-corrected chi connectivity index (χ0v) is 21.2. The molecule has 0 bridgehead atoms. The molecule has 0 radical (unpaired) electrons. The average Bonchev–Trinajstić information content (AvgIpc) is 2.57. The Kier molecular flexibility index (Phi) is 31.7. The van der Waals surface area contributed by atoms with E-state index in [0.717, 1.165) is 26.7 Å². The van der Waals surface area contributed by atoms with E-state index in [2.05, 4.69) is 0 Å². The molecule has 0 amide bonds. The standard InChI is InChI=1S/2C8H14O3.C3H4O3.C2H4O2.Al/c2*1-6(2)3-4-7(9)5-8(10)11;1-2(4)3(5)6;1-2(3)4;/h2*6H,3-5H2,1-2H3,(H,10,11);1H3,(H,5,6);1H3,(H,3,4);/q;;;;+3/p-3. The largest absolute Gasteiger partial charge is 3.00 e. The van der Waals surface area contributed by atoms with Gasteiger partial charge in [0.15, 0.2) is 5.78 Å². The van der Waals surface area contributed by atoms with Crippen LogP contribution < -0.4 is 15.3 Å². The third-order valence-corrected chi connectivity index (χ3v) is 2.97. The summed E-state index contributed by atoms with van der Waals surface area (Å²) in [6, 6.07) is 0. The van der Waals surface area contributed by atoms with Gasteiger partial charge < -0.3 is 34.8 Å². The molecule has 0 aliphatic heterocycles. The van der Waals surface area contributed by atoms with Gasteiger partial charge in [0.1, 0.15) is 17.5 Å². The smallest absolute Gasteiger partial charge is 0.550 e. The van der Waals surface area contributed by atoms with E-state index in [4.69, 9.17) is 9.90 Å². The number of ketones is 3. The molecule has 0 aromatic rings. The Morgan fingerprint density at radius 3 is 1.00 bits per heavy atom. The molecule has 0 aromatic carbocycles. The summed E-state index contributed by atoms with van der Waals surface area (Å²) in [5.41, 5.74) is 0. The van der Waals surface area contributed by atoms with Gasteiger partial charge in [-0.2, -0.15) is 0 Å². The molecule has 1 N–H and O–H groups in total. The summed E-state index contributed by atoms with van der Waals surface area (Å²) in [7, 11) is 0. The molecule has 0 aliphatic carbocycles. The number of hydrogen-bond acceptors (Lipinski definition) is 10. The topological polar surface area (TPSA) is 209 Å². The van der Waals surface area contributed by atoms with Gasteiger partial charge >= 0.3 is 17.4 Å². The maximum atomic E-state index is 10.7. The van der Waals surface area contributed by atoms with Crippen molar-refractivity contribution in [2.45, 2.75) is 80.1 Å². The van der Waals surface area contributed by atoms with Crippen LogP contribution in [0.2, 0.25) is 0 Å². The van der Waals surface area contributed by atoms with Crippen molar-refractivity contribution in [1.29, 1.82) is 0 Å². The van der Waals surface area contributed by atoms with Crippen molar-refractivity contribution in [3.8, 4) is 0 Å². The quantitative estimate of drug-likeness (QED) is 0.197. The minimum absolute atomic E-state index is 0. The van der Waals surface area contributed by atoms with Crippen LogP contribution in [0, 0.1) is 11.8 Å². The van der Waals surface area contributed by atoms with E-state index < -0.39 is 42.5 Å². The minimum Gasteiger partial charge on any atom is -0.550 e. The molecule has 0 atom stereocenters. The van der Waals surface area contributed by atoms with Crippen LogP contribution in [0.1, 0.15) is 80.1 Å². The fourth-order valence-corrected chi connectivity index (χ4v) is 1.40. The molecule has 33 heavy (non-hydrogen) atoms. The van der Waals surface area contributed by atoms with Crippen molar-refractivity contribution in [1.82, 2.24) is 0 Å². The number of carboxylic acids is 4. The third-order valence-electron chi connectivity index (χ3n) is 2.97. The Labute approximate surface area is 204 Å². The molecule has 0 unspecified atom stereocenters. The number of carboxylic acid groups (broad SMARTS) is 4. The van der Waals surface area contributed by atoms with E-state index in [9.17, 15) is 44.1 Å². The monoisotopic (exact) mass is 488 g/mol. The number of aliphatic carboxylic acids is 4. The molecule has 0 heterocycles. The van der Waals surface area contributed by atoms with Crippen LogP contribution >= 0.6 is 0 Å². The van der Waals surface area contributed by atoms with Crippen LogP contribution in [0.3, 0.4) is 0 Å². The molecule has 0 fully saturated rings. The Balaban J connectivity index is -0.000000112. The van der Waals surface area contributed by atoms with Crippen molar-refractivity contribution in [2.75, 3.05) is 0 Å². The molecule has 0 saturated heterocycles. The summed E-state index contributed by atoms with van der Waals surface area (Å²) < 4.78 is 0. The fraction of sp³-hybridized carbons (Fsp3) is 0.667. The van der Waals surface area contributed by atoms with Crippen molar-refractivity contribution in [3.05, 3.63) is 0 Å². The molecule has 12 heteroatoms. The first-order chi connectivity index (χ1) is 14.4. The van der Waals surface area contributed by atoms with Crippen LogP contribution in [0.15, 0.2) is 0 Å². The number of rotatable bonds is 11. The second kappa shape index (κ2) is 25.7. The molecule has 11 nitrogen and oxygen atoms in total. The van der Waals surface area contributed by atoms with Crippen molar-refractivity contribution in [2.24, 2.45) is 11.8 Å². The van der Waals surface area contributed by atoms with Gasteiger partial charge in [-0.3, -0.25) is 19.2 Å². The number of carbonyl (C=O) groups excluding carboxylic acids is 6. The molecule has 0 spiro atoms. The van der Waals surface area contributed by atoms with E-state index >= 15 is 0 Å². The van der Waals surface area contributed by atoms with Crippen LogP contribution in [0.4, 0.5) is 0 Å². The zero-order chi connectivity index (χ0) is 26.4. The second-order valence-corrected chi connectivity index (χ2v) is 7.40. The first kappa shape index (κ1) is 40.7. The van der Waals surface area contributed by atoms with Gasteiger partial charge in [0.25, 0.3) is 5.97 Å². The summed E-state index contributed by atoms with van der Waals surface area (Å²) >= 11 is 0. The maximum Gasteiger partial charge on any atom is 3.00 e.